The van der Waals surface area contributed by atoms with Crippen LogP contribution in [0.5, 0.6) is 11.5 Å². The molecule has 9 nitrogen and oxygen atoms in total. The van der Waals surface area contributed by atoms with E-state index in [9.17, 15) is 4.79 Å². The van der Waals surface area contributed by atoms with Crippen molar-refractivity contribution in [1.29, 1.82) is 0 Å². The highest BCUT2D eigenvalue weighted by atomic mass is 16.5. The van der Waals surface area contributed by atoms with E-state index in [1.807, 2.05) is 24.3 Å². The Morgan fingerprint density at radius 3 is 2.22 bits per heavy atom. The molecule has 4 aromatic rings. The summed E-state index contributed by atoms with van der Waals surface area (Å²) in [5.41, 5.74) is 3.14. The third-order valence-corrected chi connectivity index (χ3v) is 6.31. The van der Waals surface area contributed by atoms with E-state index in [0.29, 0.717) is 22.7 Å². The highest BCUT2D eigenvalue weighted by molar-refractivity contribution is 6.05. The lowest BCUT2D eigenvalue weighted by Gasteiger charge is -2.35. The smallest absolute Gasteiger partial charge is 0.255 e. The molecule has 2 aromatic heterocycles. The van der Waals surface area contributed by atoms with E-state index in [4.69, 9.17) is 14.5 Å². The molecule has 0 unspecified atom stereocenters. The normalized spacial score (nSPS) is 13.5. The number of amides is 1. The molecule has 1 amide bonds. The van der Waals surface area contributed by atoms with Crippen LogP contribution in [-0.2, 0) is 0 Å². The number of nitrogens with zero attached hydrogens (tertiary/aromatic N) is 5. The number of methoxy groups -OCH3 is 2. The third-order valence-electron chi connectivity index (χ3n) is 6.31. The second-order valence-corrected chi connectivity index (χ2v) is 8.61. The molecule has 3 heterocycles. The molecule has 0 aliphatic carbocycles. The van der Waals surface area contributed by atoms with Crippen molar-refractivity contribution in [2.24, 2.45) is 0 Å². The van der Waals surface area contributed by atoms with E-state index < -0.39 is 0 Å². The van der Waals surface area contributed by atoms with Crippen molar-refractivity contribution in [3.63, 3.8) is 0 Å². The number of rotatable bonds is 6. The van der Waals surface area contributed by atoms with Crippen molar-refractivity contribution >= 4 is 34.3 Å². The number of ether oxygens (including phenoxy) is 2. The first kappa shape index (κ1) is 23.3. The molecular formula is C27H28N6O3. The number of fused-ring (bicyclic) bond motifs is 1. The molecule has 0 spiro atoms. The van der Waals surface area contributed by atoms with Crippen LogP contribution < -0.4 is 24.6 Å². The van der Waals surface area contributed by atoms with Crippen molar-refractivity contribution in [1.82, 2.24) is 15.0 Å². The molecule has 9 heteroatoms. The number of nitrogens with one attached hydrogen (secondary N) is 1. The van der Waals surface area contributed by atoms with Crippen LogP contribution in [0.1, 0.15) is 15.9 Å². The second kappa shape index (κ2) is 10.1. The number of piperazine rings is 1. The molecular weight excluding hydrogens is 456 g/mol. The summed E-state index contributed by atoms with van der Waals surface area (Å²) in [6.45, 7) is 5.42. The Bertz CT molecular complexity index is 1370. The van der Waals surface area contributed by atoms with Gasteiger partial charge in [0.25, 0.3) is 5.91 Å². The van der Waals surface area contributed by atoms with Crippen LogP contribution in [0.15, 0.2) is 60.9 Å². The average Bonchev–Trinajstić information content (AvgIpc) is 2.93. The van der Waals surface area contributed by atoms with Crippen LogP contribution in [0.3, 0.4) is 0 Å². The largest absolute Gasteiger partial charge is 0.497 e. The molecule has 184 valence electrons. The van der Waals surface area contributed by atoms with Crippen molar-refractivity contribution in [3.8, 4) is 11.5 Å². The molecule has 1 aliphatic rings. The lowest BCUT2D eigenvalue weighted by molar-refractivity contribution is 0.102. The first-order valence-corrected chi connectivity index (χ1v) is 11.8. The number of pyridine rings is 1. The van der Waals surface area contributed by atoms with Gasteiger partial charge in [0, 0.05) is 61.3 Å². The molecule has 1 saturated heterocycles. The number of hydrogen-bond acceptors (Lipinski definition) is 8. The van der Waals surface area contributed by atoms with Crippen molar-refractivity contribution in [2.45, 2.75) is 6.92 Å². The summed E-state index contributed by atoms with van der Waals surface area (Å²) in [6, 6.07) is 14.8. The first-order chi connectivity index (χ1) is 17.5. The summed E-state index contributed by atoms with van der Waals surface area (Å²) in [5, 5.41) is 3.97. The third kappa shape index (κ3) is 4.86. The van der Waals surface area contributed by atoms with E-state index in [1.165, 1.54) is 0 Å². The van der Waals surface area contributed by atoms with Crippen LogP contribution in [-0.4, -0.2) is 61.3 Å². The molecule has 0 saturated carbocycles. The van der Waals surface area contributed by atoms with Gasteiger partial charge in [-0.25, -0.2) is 15.0 Å². The van der Waals surface area contributed by atoms with Gasteiger partial charge in [0.05, 0.1) is 19.7 Å². The predicted molar refractivity (Wildman–Crippen MR) is 140 cm³/mol. The van der Waals surface area contributed by atoms with Crippen molar-refractivity contribution in [2.75, 3.05) is 55.5 Å². The number of aromatic nitrogens is 3. The zero-order valence-corrected chi connectivity index (χ0v) is 20.6. The Morgan fingerprint density at radius 1 is 0.889 bits per heavy atom. The van der Waals surface area contributed by atoms with Crippen LogP contribution >= 0.6 is 0 Å². The van der Waals surface area contributed by atoms with E-state index in [1.54, 1.807) is 44.8 Å². The highest BCUT2D eigenvalue weighted by Crippen LogP contribution is 2.27. The van der Waals surface area contributed by atoms with E-state index in [2.05, 4.69) is 38.1 Å². The molecule has 0 bridgehead atoms. The van der Waals surface area contributed by atoms with Gasteiger partial charge in [-0.05, 0) is 55.0 Å². The molecule has 5 rings (SSSR count). The second-order valence-electron chi connectivity index (χ2n) is 8.61. The minimum Gasteiger partial charge on any atom is -0.497 e. The number of aryl methyl sites for hydroxylation is 1. The van der Waals surface area contributed by atoms with Crippen molar-refractivity contribution in [3.05, 3.63) is 72.1 Å². The summed E-state index contributed by atoms with van der Waals surface area (Å²) < 4.78 is 10.6. The Hall–Kier alpha value is -4.40. The van der Waals surface area contributed by atoms with Gasteiger partial charge in [-0.15, -0.1) is 0 Å². The zero-order valence-electron chi connectivity index (χ0n) is 20.6. The van der Waals surface area contributed by atoms with Crippen LogP contribution in [0.4, 0.5) is 17.5 Å². The number of carbonyl (C=O) groups is 1. The molecule has 0 radical (unpaired) electrons. The topological polar surface area (TPSA) is 92.7 Å². The van der Waals surface area contributed by atoms with Gasteiger partial charge < -0.3 is 24.6 Å². The lowest BCUT2D eigenvalue weighted by Crippen LogP contribution is -2.47. The summed E-state index contributed by atoms with van der Waals surface area (Å²) in [4.78, 5) is 31.0. The van der Waals surface area contributed by atoms with Gasteiger partial charge in [-0.1, -0.05) is 0 Å². The quantitative estimate of drug-likeness (QED) is 0.440. The average molecular weight is 485 g/mol. The molecule has 1 N–H and O–H groups in total. The van der Waals surface area contributed by atoms with Gasteiger partial charge in [-0.3, -0.25) is 4.79 Å². The summed E-state index contributed by atoms with van der Waals surface area (Å²) in [7, 11) is 3.11. The fraction of sp³-hybridized carbons (Fsp3) is 0.259. The number of hydrogen-bond donors (Lipinski definition) is 1. The predicted octanol–water partition coefficient (Wildman–Crippen LogP) is 3.93. The fourth-order valence-corrected chi connectivity index (χ4v) is 4.35. The van der Waals surface area contributed by atoms with Gasteiger partial charge in [-0.2, -0.15) is 0 Å². The Morgan fingerprint density at radius 2 is 1.56 bits per heavy atom. The SMILES string of the molecule is COc1cc(OC)cc(C(=O)Nc2ccc3nc(N4CCN(c5ncccn5)CC4)cc(C)c3c2)c1. The van der Waals surface area contributed by atoms with E-state index >= 15 is 0 Å². The van der Waals surface area contributed by atoms with E-state index in [-0.39, 0.29) is 5.91 Å². The van der Waals surface area contributed by atoms with Gasteiger partial charge in [0.1, 0.15) is 17.3 Å². The Kier molecular flexibility index (Phi) is 6.53. The minimum absolute atomic E-state index is 0.242. The van der Waals surface area contributed by atoms with Crippen LogP contribution in [0.25, 0.3) is 10.9 Å². The molecule has 0 atom stereocenters. The van der Waals surface area contributed by atoms with Crippen molar-refractivity contribution < 1.29 is 14.3 Å². The monoisotopic (exact) mass is 484 g/mol. The molecule has 36 heavy (non-hydrogen) atoms. The number of benzene rings is 2. The van der Waals surface area contributed by atoms with Gasteiger partial charge in [0.2, 0.25) is 5.95 Å². The summed E-state index contributed by atoms with van der Waals surface area (Å²) >= 11 is 0. The standard InChI is InChI=1S/C27H28N6O3/c1-18-13-25(32-9-11-33(12-10-32)27-28-7-4-8-29-27)31-24-6-5-20(16-23(18)24)30-26(34)19-14-21(35-2)17-22(15-19)36-3/h4-8,13-17H,9-12H2,1-3H3,(H,30,34). The maximum atomic E-state index is 12.9. The fourth-order valence-electron chi connectivity index (χ4n) is 4.35. The lowest BCUT2D eigenvalue weighted by atomic mass is 10.1. The number of anilines is 3. The van der Waals surface area contributed by atoms with Gasteiger partial charge in [0.15, 0.2) is 0 Å². The zero-order chi connectivity index (χ0) is 25.1. The summed E-state index contributed by atoms with van der Waals surface area (Å²) in [5.74, 6) is 2.59. The Balaban J connectivity index is 1.32. The van der Waals surface area contributed by atoms with E-state index in [0.717, 1.165) is 54.4 Å². The highest BCUT2D eigenvalue weighted by Gasteiger charge is 2.20. The Labute approximate surface area is 209 Å². The number of carbonyl (C=O) groups excluding carboxylic acids is 1. The minimum atomic E-state index is -0.242. The maximum absolute atomic E-state index is 12.9. The van der Waals surface area contributed by atoms with Crippen LogP contribution in [0.2, 0.25) is 0 Å². The maximum Gasteiger partial charge on any atom is 0.255 e. The van der Waals surface area contributed by atoms with Crippen LogP contribution in [0, 0.1) is 6.92 Å². The molecule has 1 aliphatic heterocycles. The molecule has 1 fully saturated rings. The summed E-state index contributed by atoms with van der Waals surface area (Å²) in [6.07, 6.45) is 3.54. The molecule has 2 aromatic carbocycles. The first-order valence-electron chi connectivity index (χ1n) is 11.8. The van der Waals surface area contributed by atoms with Gasteiger partial charge >= 0.3 is 0 Å².